The van der Waals surface area contributed by atoms with Crippen molar-refractivity contribution in [2.75, 3.05) is 13.2 Å². The molecular formula is C42H87O3P. The minimum Gasteiger partial charge on any atom is -0.328 e. The van der Waals surface area contributed by atoms with Gasteiger partial charge in [0.1, 0.15) is 0 Å². The fourth-order valence-electron chi connectivity index (χ4n) is 6.68. The molecule has 0 heterocycles. The summed E-state index contributed by atoms with van der Waals surface area (Å²) in [5.74, 6) is 0. The van der Waals surface area contributed by atoms with Gasteiger partial charge in [0.25, 0.3) is 0 Å². The predicted octanol–water partition coefficient (Wildman–Crippen LogP) is 16.1. The molecule has 0 bridgehead atoms. The van der Waals surface area contributed by atoms with E-state index in [-0.39, 0.29) is 0 Å². The monoisotopic (exact) mass is 671 g/mol. The van der Waals surface area contributed by atoms with Crippen molar-refractivity contribution in [1.82, 2.24) is 0 Å². The summed E-state index contributed by atoms with van der Waals surface area (Å²) in [6.07, 6.45) is 52.9. The van der Waals surface area contributed by atoms with E-state index in [1.165, 1.54) is 231 Å². The van der Waals surface area contributed by atoms with Gasteiger partial charge in [0, 0.05) is 0 Å². The van der Waals surface area contributed by atoms with Crippen molar-refractivity contribution in [3.05, 3.63) is 0 Å². The van der Waals surface area contributed by atoms with Gasteiger partial charge in [-0.3, -0.25) is 0 Å². The molecule has 0 aliphatic carbocycles. The van der Waals surface area contributed by atoms with E-state index in [0.29, 0.717) is 13.2 Å². The summed E-state index contributed by atoms with van der Waals surface area (Å²) < 4.78 is 11.0. The number of unbranched alkanes of at least 4 members (excludes halogenated alkanes) is 36. The molecule has 0 aromatic rings. The predicted molar refractivity (Wildman–Crippen MR) is 208 cm³/mol. The second kappa shape index (κ2) is 43.3. The standard InChI is InChI=1S/C42H87O3P/c1-3-5-7-9-11-13-15-17-19-21-23-25-27-29-31-33-35-37-39-41-44-46(43)45-42-40-38-36-34-32-30-28-26-24-22-20-18-16-14-12-10-8-6-4-2/h43H,3-42H2,1-2H3. The van der Waals surface area contributed by atoms with Crippen LogP contribution in [0.1, 0.15) is 258 Å². The Hall–Kier alpha value is 0.310. The average Bonchev–Trinajstić information content (AvgIpc) is 3.06. The van der Waals surface area contributed by atoms with Crippen LogP contribution in [0.25, 0.3) is 0 Å². The van der Waals surface area contributed by atoms with E-state index in [9.17, 15) is 4.89 Å². The van der Waals surface area contributed by atoms with Gasteiger partial charge in [-0.1, -0.05) is 245 Å². The largest absolute Gasteiger partial charge is 0.329 e. The lowest BCUT2D eigenvalue weighted by atomic mass is 10.0. The maximum absolute atomic E-state index is 9.97. The highest BCUT2D eigenvalue weighted by atomic mass is 31.2. The van der Waals surface area contributed by atoms with E-state index in [2.05, 4.69) is 13.8 Å². The molecule has 0 saturated heterocycles. The lowest BCUT2D eigenvalue weighted by Crippen LogP contribution is -1.95. The van der Waals surface area contributed by atoms with E-state index >= 15 is 0 Å². The average molecular weight is 671 g/mol. The molecule has 0 amide bonds. The van der Waals surface area contributed by atoms with Crippen LogP contribution in [0.4, 0.5) is 0 Å². The van der Waals surface area contributed by atoms with Gasteiger partial charge in [-0.05, 0) is 12.8 Å². The number of hydrogen-bond acceptors (Lipinski definition) is 3. The zero-order valence-corrected chi connectivity index (χ0v) is 32.9. The summed E-state index contributed by atoms with van der Waals surface area (Å²) in [6, 6.07) is 0. The molecule has 4 heteroatoms. The molecule has 0 fully saturated rings. The molecule has 0 aliphatic rings. The first kappa shape index (κ1) is 46.3. The van der Waals surface area contributed by atoms with Crippen LogP contribution in [-0.2, 0) is 9.05 Å². The third kappa shape index (κ3) is 42.3. The van der Waals surface area contributed by atoms with Crippen molar-refractivity contribution in [3.8, 4) is 0 Å². The Labute approximate surface area is 292 Å². The summed E-state index contributed by atoms with van der Waals surface area (Å²) in [4.78, 5) is 9.97. The van der Waals surface area contributed by atoms with Crippen LogP contribution in [0.3, 0.4) is 0 Å². The van der Waals surface area contributed by atoms with Gasteiger partial charge in [0.2, 0.25) is 0 Å². The van der Waals surface area contributed by atoms with Crippen LogP contribution in [0.5, 0.6) is 0 Å². The molecule has 0 radical (unpaired) electrons. The van der Waals surface area contributed by atoms with Crippen LogP contribution < -0.4 is 0 Å². The first-order valence-corrected chi connectivity index (χ1v) is 22.7. The second-order valence-electron chi connectivity index (χ2n) is 14.6. The fraction of sp³-hybridized carbons (Fsp3) is 1.00. The molecule has 0 saturated carbocycles. The lowest BCUT2D eigenvalue weighted by Gasteiger charge is -2.10. The first-order valence-electron chi connectivity index (χ1n) is 21.6. The number of hydrogen-bond donors (Lipinski definition) is 1. The molecule has 0 rings (SSSR count). The third-order valence-electron chi connectivity index (χ3n) is 9.90. The van der Waals surface area contributed by atoms with Gasteiger partial charge in [-0.15, -0.1) is 0 Å². The van der Waals surface area contributed by atoms with Crippen molar-refractivity contribution >= 4 is 8.60 Å². The summed E-state index contributed by atoms with van der Waals surface area (Å²) in [7, 11) is -1.67. The van der Waals surface area contributed by atoms with Crippen molar-refractivity contribution in [2.45, 2.75) is 258 Å². The zero-order chi connectivity index (χ0) is 33.3. The van der Waals surface area contributed by atoms with E-state index in [0.717, 1.165) is 12.8 Å². The van der Waals surface area contributed by atoms with Crippen molar-refractivity contribution < 1.29 is 13.9 Å². The smallest absolute Gasteiger partial charge is 0.328 e. The minimum atomic E-state index is -1.67. The van der Waals surface area contributed by atoms with E-state index in [1.807, 2.05) is 0 Å². The molecule has 1 N–H and O–H groups in total. The molecule has 0 atom stereocenters. The lowest BCUT2D eigenvalue weighted by molar-refractivity contribution is 0.193. The summed E-state index contributed by atoms with van der Waals surface area (Å²) in [5, 5.41) is 0. The highest BCUT2D eigenvalue weighted by Crippen LogP contribution is 2.33. The summed E-state index contributed by atoms with van der Waals surface area (Å²) in [6.45, 7) is 5.87. The van der Waals surface area contributed by atoms with Gasteiger partial charge in [-0.25, -0.2) is 0 Å². The van der Waals surface area contributed by atoms with Crippen LogP contribution >= 0.6 is 8.60 Å². The molecule has 3 nitrogen and oxygen atoms in total. The Kier molecular flexibility index (Phi) is 43.6. The van der Waals surface area contributed by atoms with Gasteiger partial charge in [-0.2, -0.15) is 0 Å². The topological polar surface area (TPSA) is 38.7 Å². The first-order chi connectivity index (χ1) is 22.8. The Bertz CT molecular complexity index is 473. The minimum absolute atomic E-state index is 0.639. The van der Waals surface area contributed by atoms with Crippen molar-refractivity contribution in [2.24, 2.45) is 0 Å². The summed E-state index contributed by atoms with van der Waals surface area (Å²) >= 11 is 0. The summed E-state index contributed by atoms with van der Waals surface area (Å²) in [5.41, 5.74) is 0. The molecule has 0 spiro atoms. The zero-order valence-electron chi connectivity index (χ0n) is 32.0. The van der Waals surface area contributed by atoms with Crippen LogP contribution in [-0.4, -0.2) is 18.1 Å². The second-order valence-corrected chi connectivity index (χ2v) is 15.6. The van der Waals surface area contributed by atoms with Crippen LogP contribution in [0, 0.1) is 0 Å². The van der Waals surface area contributed by atoms with Crippen molar-refractivity contribution in [3.63, 3.8) is 0 Å². The van der Waals surface area contributed by atoms with Gasteiger partial charge in [0.15, 0.2) is 0 Å². The molecule has 0 unspecified atom stereocenters. The molecule has 46 heavy (non-hydrogen) atoms. The molecule has 0 aromatic heterocycles. The maximum Gasteiger partial charge on any atom is 0.329 e. The third-order valence-corrected chi connectivity index (χ3v) is 10.7. The highest BCUT2D eigenvalue weighted by Gasteiger charge is 2.06. The van der Waals surface area contributed by atoms with Gasteiger partial charge < -0.3 is 13.9 Å². The number of rotatable bonds is 42. The van der Waals surface area contributed by atoms with E-state index in [4.69, 9.17) is 9.05 Å². The van der Waals surface area contributed by atoms with Crippen LogP contribution in [0.2, 0.25) is 0 Å². The quantitative estimate of drug-likeness (QED) is 0.0519. The van der Waals surface area contributed by atoms with E-state index < -0.39 is 8.60 Å². The fourth-order valence-corrected chi connectivity index (χ4v) is 7.33. The molecule has 278 valence electrons. The van der Waals surface area contributed by atoms with Crippen LogP contribution in [0.15, 0.2) is 0 Å². The Morgan fingerprint density at radius 1 is 0.261 bits per heavy atom. The highest BCUT2D eigenvalue weighted by molar-refractivity contribution is 7.40. The Morgan fingerprint density at radius 2 is 0.413 bits per heavy atom. The molecule has 0 aliphatic heterocycles. The maximum atomic E-state index is 9.97. The van der Waals surface area contributed by atoms with E-state index in [1.54, 1.807) is 0 Å². The Balaban J connectivity index is 3.13. The normalized spacial score (nSPS) is 11.7. The van der Waals surface area contributed by atoms with Crippen molar-refractivity contribution in [1.29, 1.82) is 0 Å². The van der Waals surface area contributed by atoms with Gasteiger partial charge in [0.05, 0.1) is 13.2 Å². The van der Waals surface area contributed by atoms with Gasteiger partial charge >= 0.3 is 8.60 Å². The Morgan fingerprint density at radius 3 is 0.587 bits per heavy atom. The SMILES string of the molecule is CCCCCCCCCCCCCCCCCCCCCOP(O)OCCCCCCCCCCCCCCCCCCCCC. The molecular weight excluding hydrogens is 583 g/mol. The molecule has 0 aromatic carbocycles.